The lowest BCUT2D eigenvalue weighted by Gasteiger charge is -2.32. The first-order valence-electron chi connectivity index (χ1n) is 9.25. The summed E-state index contributed by atoms with van der Waals surface area (Å²) in [5.41, 5.74) is 2.43. The average molecular weight is 338 g/mol. The normalized spacial score (nSPS) is 18.1. The van der Waals surface area contributed by atoms with Gasteiger partial charge in [0.15, 0.2) is 6.54 Å². The Morgan fingerprint density at radius 3 is 2.64 bits per heavy atom. The standard InChI is InChI=1S/C20H24N4O/c25-20(24-11-5-7-17-6-1-2-8-18(17)24)16-22-12-14-23(15-13-22)19-9-3-4-10-21-19/h1-4,6,8-10H,5,7,11-16H2/p+2. The fourth-order valence-electron chi connectivity index (χ4n) is 3.92. The van der Waals surface area contributed by atoms with E-state index in [1.54, 1.807) is 0 Å². The van der Waals surface area contributed by atoms with Gasteiger partial charge < -0.3 is 9.80 Å². The molecule has 130 valence electrons. The van der Waals surface area contributed by atoms with Gasteiger partial charge in [0.1, 0.15) is 26.2 Å². The van der Waals surface area contributed by atoms with Crippen molar-refractivity contribution < 1.29 is 14.7 Å². The van der Waals surface area contributed by atoms with Gasteiger partial charge in [-0.25, -0.2) is 4.98 Å². The molecule has 0 unspecified atom stereocenters. The van der Waals surface area contributed by atoms with Crippen LogP contribution in [0.5, 0.6) is 0 Å². The summed E-state index contributed by atoms with van der Waals surface area (Å²) in [5, 5.41) is 0. The number of hydrogen-bond acceptors (Lipinski definition) is 2. The number of H-pyrrole nitrogens is 1. The SMILES string of the molecule is O=C(C[NH+]1CCN(c2cccc[nH+]2)CC1)N1CCCc2ccccc21. The van der Waals surface area contributed by atoms with Crippen LogP contribution in [0.4, 0.5) is 11.5 Å². The first-order valence-corrected chi connectivity index (χ1v) is 9.25. The van der Waals surface area contributed by atoms with E-state index in [0.717, 1.165) is 57.1 Å². The molecule has 0 bridgehead atoms. The number of aromatic amines is 1. The predicted octanol–water partition coefficient (Wildman–Crippen LogP) is 0.185. The van der Waals surface area contributed by atoms with E-state index >= 15 is 0 Å². The number of para-hydroxylation sites is 1. The Labute approximate surface area is 148 Å². The third-order valence-corrected chi connectivity index (χ3v) is 5.32. The number of fused-ring (bicyclic) bond motifs is 1. The van der Waals surface area contributed by atoms with Crippen LogP contribution >= 0.6 is 0 Å². The van der Waals surface area contributed by atoms with Crippen LogP contribution in [0.25, 0.3) is 0 Å². The first kappa shape index (κ1) is 16.1. The van der Waals surface area contributed by atoms with Gasteiger partial charge in [-0.05, 0) is 30.5 Å². The molecule has 25 heavy (non-hydrogen) atoms. The van der Waals surface area contributed by atoms with E-state index in [2.05, 4.69) is 40.2 Å². The van der Waals surface area contributed by atoms with Crippen LogP contribution < -0.4 is 19.7 Å². The summed E-state index contributed by atoms with van der Waals surface area (Å²) in [6, 6.07) is 14.5. The lowest BCUT2D eigenvalue weighted by atomic mass is 10.0. The van der Waals surface area contributed by atoms with Crippen molar-refractivity contribution in [3.05, 3.63) is 54.2 Å². The highest BCUT2D eigenvalue weighted by atomic mass is 16.2. The van der Waals surface area contributed by atoms with Gasteiger partial charge in [-0.2, -0.15) is 0 Å². The Balaban J connectivity index is 1.35. The van der Waals surface area contributed by atoms with Crippen LogP contribution in [0, 0.1) is 0 Å². The second-order valence-corrected chi connectivity index (χ2v) is 6.94. The minimum absolute atomic E-state index is 0.266. The molecule has 2 N–H and O–H groups in total. The molecule has 0 spiro atoms. The molecule has 2 aliphatic rings. The molecular weight excluding hydrogens is 312 g/mol. The molecule has 2 aliphatic heterocycles. The Hall–Kier alpha value is -2.40. The number of rotatable bonds is 3. The average Bonchev–Trinajstić information content (AvgIpc) is 2.69. The summed E-state index contributed by atoms with van der Waals surface area (Å²) in [6.45, 7) is 5.43. The maximum atomic E-state index is 12.9. The number of nitrogens with one attached hydrogen (secondary N) is 2. The fourth-order valence-corrected chi connectivity index (χ4v) is 3.92. The number of amides is 1. The fraction of sp³-hybridized carbons (Fsp3) is 0.400. The molecule has 5 nitrogen and oxygen atoms in total. The molecule has 0 saturated carbocycles. The van der Waals surface area contributed by atoms with Crippen molar-refractivity contribution in [2.75, 3.05) is 49.1 Å². The summed E-state index contributed by atoms with van der Waals surface area (Å²) >= 11 is 0. The lowest BCUT2D eigenvalue weighted by molar-refractivity contribution is -0.892. The van der Waals surface area contributed by atoms with Crippen molar-refractivity contribution in [2.45, 2.75) is 12.8 Å². The zero-order chi connectivity index (χ0) is 17.1. The zero-order valence-electron chi connectivity index (χ0n) is 14.6. The van der Waals surface area contributed by atoms with Crippen molar-refractivity contribution in [2.24, 2.45) is 0 Å². The van der Waals surface area contributed by atoms with Crippen molar-refractivity contribution in [1.29, 1.82) is 0 Å². The van der Waals surface area contributed by atoms with Gasteiger partial charge in [0, 0.05) is 18.3 Å². The molecule has 5 heteroatoms. The van der Waals surface area contributed by atoms with E-state index in [4.69, 9.17) is 0 Å². The van der Waals surface area contributed by atoms with Crippen molar-refractivity contribution in [3.8, 4) is 0 Å². The molecule has 2 aromatic rings. The molecular formula is C20H26N4O+2. The lowest BCUT2D eigenvalue weighted by Crippen LogP contribution is -3.16. The number of carbonyl (C=O) groups is 1. The highest BCUT2D eigenvalue weighted by Crippen LogP contribution is 2.26. The summed E-state index contributed by atoms with van der Waals surface area (Å²) in [5.74, 6) is 1.43. The van der Waals surface area contributed by atoms with Crippen molar-refractivity contribution in [3.63, 3.8) is 0 Å². The number of aryl methyl sites for hydroxylation is 1. The van der Waals surface area contributed by atoms with Gasteiger partial charge in [0.2, 0.25) is 0 Å². The number of nitrogens with zero attached hydrogens (tertiary/aromatic N) is 2. The molecule has 1 amide bonds. The Kier molecular flexibility index (Phi) is 4.65. The molecule has 1 saturated heterocycles. The summed E-state index contributed by atoms with van der Waals surface area (Å²) in [6.07, 6.45) is 4.11. The third kappa shape index (κ3) is 3.51. The number of hydrogen-bond donors (Lipinski definition) is 1. The Bertz CT molecular complexity index is 725. The predicted molar refractivity (Wildman–Crippen MR) is 97.9 cm³/mol. The number of piperazine rings is 1. The molecule has 0 atom stereocenters. The Morgan fingerprint density at radius 2 is 1.84 bits per heavy atom. The zero-order valence-corrected chi connectivity index (χ0v) is 14.6. The van der Waals surface area contributed by atoms with Crippen LogP contribution in [0.15, 0.2) is 48.7 Å². The van der Waals surface area contributed by atoms with Gasteiger partial charge in [0.25, 0.3) is 11.7 Å². The second-order valence-electron chi connectivity index (χ2n) is 6.94. The number of aromatic nitrogens is 1. The topological polar surface area (TPSA) is 42.1 Å². The van der Waals surface area contributed by atoms with Crippen LogP contribution in [-0.4, -0.2) is 45.2 Å². The van der Waals surface area contributed by atoms with Gasteiger partial charge in [-0.1, -0.05) is 24.3 Å². The van der Waals surface area contributed by atoms with Gasteiger partial charge in [-0.3, -0.25) is 9.69 Å². The van der Waals surface area contributed by atoms with Crippen molar-refractivity contribution >= 4 is 17.4 Å². The summed E-state index contributed by atoms with van der Waals surface area (Å²) in [7, 11) is 0. The number of pyridine rings is 1. The third-order valence-electron chi connectivity index (χ3n) is 5.32. The quantitative estimate of drug-likeness (QED) is 0.868. The van der Waals surface area contributed by atoms with Gasteiger partial charge in [-0.15, -0.1) is 0 Å². The molecule has 0 radical (unpaired) electrons. The van der Waals surface area contributed by atoms with Crippen LogP contribution in [0.1, 0.15) is 12.0 Å². The number of anilines is 2. The van der Waals surface area contributed by atoms with E-state index < -0.39 is 0 Å². The molecule has 1 aromatic carbocycles. The first-order chi connectivity index (χ1) is 12.3. The highest BCUT2D eigenvalue weighted by Gasteiger charge is 2.30. The van der Waals surface area contributed by atoms with Gasteiger partial charge >= 0.3 is 0 Å². The van der Waals surface area contributed by atoms with E-state index in [1.807, 2.05) is 23.2 Å². The largest absolute Gasteiger partial charge is 0.321 e. The molecule has 3 heterocycles. The minimum atomic E-state index is 0.266. The maximum Gasteiger partial charge on any atom is 0.282 e. The van der Waals surface area contributed by atoms with E-state index in [9.17, 15) is 4.79 Å². The van der Waals surface area contributed by atoms with Crippen LogP contribution in [0.2, 0.25) is 0 Å². The molecule has 1 fully saturated rings. The second kappa shape index (κ2) is 7.23. The smallest absolute Gasteiger partial charge is 0.282 e. The highest BCUT2D eigenvalue weighted by molar-refractivity contribution is 5.95. The number of benzene rings is 1. The number of carbonyl (C=O) groups excluding carboxylic acids is 1. The Morgan fingerprint density at radius 1 is 1.04 bits per heavy atom. The van der Waals surface area contributed by atoms with Crippen molar-refractivity contribution in [1.82, 2.24) is 0 Å². The monoisotopic (exact) mass is 338 g/mol. The number of quaternary nitrogens is 1. The van der Waals surface area contributed by atoms with E-state index in [1.165, 1.54) is 10.5 Å². The van der Waals surface area contributed by atoms with Gasteiger partial charge in [0.05, 0.1) is 6.20 Å². The van der Waals surface area contributed by atoms with E-state index in [-0.39, 0.29) is 5.91 Å². The molecule has 4 rings (SSSR count). The maximum absolute atomic E-state index is 12.9. The molecule has 1 aromatic heterocycles. The van der Waals surface area contributed by atoms with Crippen LogP contribution in [0.3, 0.4) is 0 Å². The van der Waals surface area contributed by atoms with E-state index in [0.29, 0.717) is 6.54 Å². The van der Waals surface area contributed by atoms with Crippen LogP contribution in [-0.2, 0) is 11.2 Å². The minimum Gasteiger partial charge on any atom is -0.321 e. The summed E-state index contributed by atoms with van der Waals surface area (Å²) in [4.78, 5) is 21.9. The summed E-state index contributed by atoms with van der Waals surface area (Å²) < 4.78 is 0. The molecule has 0 aliphatic carbocycles.